The first-order chi connectivity index (χ1) is 15.8. The third kappa shape index (κ3) is 4.17. The Hall–Kier alpha value is -3.43. The third-order valence-corrected chi connectivity index (χ3v) is 6.32. The molecule has 33 heavy (non-hydrogen) atoms. The van der Waals surface area contributed by atoms with Gasteiger partial charge in [-0.2, -0.15) is 0 Å². The molecule has 0 saturated carbocycles. The highest BCUT2D eigenvalue weighted by atomic mass is 16.6. The van der Waals surface area contributed by atoms with Crippen LogP contribution in [0.25, 0.3) is 11.1 Å². The Labute approximate surface area is 190 Å². The first-order valence-electron chi connectivity index (χ1n) is 10.7. The number of ether oxygens (including phenoxy) is 2. The summed E-state index contributed by atoms with van der Waals surface area (Å²) in [5, 5.41) is 23.7. The highest BCUT2D eigenvalue weighted by Crippen LogP contribution is 2.44. The lowest BCUT2D eigenvalue weighted by Crippen LogP contribution is -2.66. The number of hydrogen-bond donors (Lipinski definition) is 4. The van der Waals surface area contributed by atoms with Crippen LogP contribution in [0, 0.1) is 0 Å². The summed E-state index contributed by atoms with van der Waals surface area (Å²) in [4.78, 5) is 37.1. The van der Waals surface area contributed by atoms with Gasteiger partial charge >= 0.3 is 12.1 Å². The fraction of sp³-hybridized carbons (Fsp3) is 0.375. The fourth-order valence-electron chi connectivity index (χ4n) is 4.26. The standard InChI is InChI=1S/C24H26N2O7/c1-23(13-27,21(29)30)25-20(28)24(10-11-32-14-24)26-22(31)33-12-19-17-8-4-2-6-15(17)16-7-3-5-9-18(16)19/h2-9,19,27H,10-14H2,1H3,(H,25,28)(H,26,31)(H,29,30). The van der Waals surface area contributed by atoms with Gasteiger partial charge in [0.1, 0.15) is 12.1 Å². The second-order valence-corrected chi connectivity index (χ2v) is 8.58. The number of alkyl carbamates (subject to hydrolysis) is 1. The maximum atomic E-state index is 12.9. The van der Waals surface area contributed by atoms with Gasteiger partial charge in [-0.3, -0.25) is 4.79 Å². The molecule has 1 saturated heterocycles. The van der Waals surface area contributed by atoms with Gasteiger partial charge in [0.2, 0.25) is 5.91 Å². The molecule has 2 aromatic carbocycles. The molecule has 1 heterocycles. The summed E-state index contributed by atoms with van der Waals surface area (Å²) >= 11 is 0. The van der Waals surface area contributed by atoms with Crippen molar-refractivity contribution in [1.29, 1.82) is 0 Å². The number of carboxylic acids is 1. The number of fused-ring (bicyclic) bond motifs is 3. The molecule has 0 aromatic heterocycles. The summed E-state index contributed by atoms with van der Waals surface area (Å²) < 4.78 is 10.9. The number of aliphatic hydroxyl groups excluding tert-OH is 1. The van der Waals surface area contributed by atoms with Gasteiger partial charge in [0.05, 0.1) is 13.2 Å². The van der Waals surface area contributed by atoms with Crippen LogP contribution < -0.4 is 10.6 Å². The molecule has 2 atom stereocenters. The molecular weight excluding hydrogens is 428 g/mol. The predicted octanol–water partition coefficient (Wildman–Crippen LogP) is 1.64. The highest BCUT2D eigenvalue weighted by Gasteiger charge is 2.48. The van der Waals surface area contributed by atoms with Crippen molar-refractivity contribution >= 4 is 18.0 Å². The summed E-state index contributed by atoms with van der Waals surface area (Å²) in [5.74, 6) is -2.29. The smallest absolute Gasteiger partial charge is 0.408 e. The summed E-state index contributed by atoms with van der Waals surface area (Å²) in [6.07, 6.45) is -0.664. The SMILES string of the molecule is CC(CO)(NC(=O)C1(NC(=O)OCC2c3ccccc3-c3ccccc32)CCOC1)C(=O)O. The molecule has 4 rings (SSSR count). The molecule has 4 N–H and O–H groups in total. The van der Waals surface area contributed by atoms with Gasteiger partial charge in [0.25, 0.3) is 0 Å². The zero-order valence-corrected chi connectivity index (χ0v) is 18.2. The van der Waals surface area contributed by atoms with Crippen LogP contribution in [0.3, 0.4) is 0 Å². The van der Waals surface area contributed by atoms with E-state index in [-0.39, 0.29) is 32.2 Å². The lowest BCUT2D eigenvalue weighted by atomic mass is 9.94. The maximum Gasteiger partial charge on any atom is 0.408 e. The Kier molecular flexibility index (Phi) is 6.09. The van der Waals surface area contributed by atoms with Crippen LogP contribution in [0.2, 0.25) is 0 Å². The number of benzene rings is 2. The van der Waals surface area contributed by atoms with E-state index in [1.165, 1.54) is 6.92 Å². The van der Waals surface area contributed by atoms with Crippen molar-refractivity contribution in [3.63, 3.8) is 0 Å². The molecule has 2 aliphatic rings. The lowest BCUT2D eigenvalue weighted by Gasteiger charge is -2.32. The van der Waals surface area contributed by atoms with Gasteiger partial charge in [-0.15, -0.1) is 0 Å². The molecule has 1 fully saturated rings. The quantitative estimate of drug-likeness (QED) is 0.500. The summed E-state index contributed by atoms with van der Waals surface area (Å²) in [6, 6.07) is 15.9. The average molecular weight is 454 g/mol. The van der Waals surface area contributed by atoms with E-state index in [0.29, 0.717) is 0 Å². The lowest BCUT2D eigenvalue weighted by molar-refractivity contribution is -0.149. The van der Waals surface area contributed by atoms with Gasteiger partial charge in [-0.25, -0.2) is 9.59 Å². The topological polar surface area (TPSA) is 134 Å². The van der Waals surface area contributed by atoms with E-state index in [1.807, 2.05) is 48.5 Å². The van der Waals surface area contributed by atoms with E-state index in [2.05, 4.69) is 10.6 Å². The van der Waals surface area contributed by atoms with Crippen LogP contribution in [0.4, 0.5) is 4.79 Å². The minimum absolute atomic E-state index is 0.0713. The van der Waals surface area contributed by atoms with Crippen molar-refractivity contribution < 1.29 is 34.1 Å². The van der Waals surface area contributed by atoms with E-state index in [4.69, 9.17) is 9.47 Å². The molecule has 1 aliphatic heterocycles. The Bertz CT molecular complexity index is 1030. The van der Waals surface area contributed by atoms with E-state index < -0.39 is 35.7 Å². The molecule has 2 unspecified atom stereocenters. The van der Waals surface area contributed by atoms with E-state index >= 15 is 0 Å². The number of hydrogen-bond acceptors (Lipinski definition) is 6. The predicted molar refractivity (Wildman–Crippen MR) is 118 cm³/mol. The van der Waals surface area contributed by atoms with E-state index in [0.717, 1.165) is 22.3 Å². The molecule has 2 amide bonds. The first-order valence-corrected chi connectivity index (χ1v) is 10.7. The monoisotopic (exact) mass is 454 g/mol. The van der Waals surface area contributed by atoms with Crippen LogP contribution >= 0.6 is 0 Å². The normalized spacial score (nSPS) is 20.9. The Balaban J connectivity index is 1.47. The van der Waals surface area contributed by atoms with Crippen molar-refractivity contribution in [2.24, 2.45) is 0 Å². The number of rotatable bonds is 7. The number of aliphatic hydroxyl groups is 1. The van der Waals surface area contributed by atoms with Crippen molar-refractivity contribution in [3.05, 3.63) is 59.7 Å². The maximum absolute atomic E-state index is 12.9. The summed E-state index contributed by atoms with van der Waals surface area (Å²) in [7, 11) is 0. The third-order valence-electron chi connectivity index (χ3n) is 6.32. The van der Waals surface area contributed by atoms with Crippen LogP contribution in [-0.4, -0.2) is 65.7 Å². The number of carbonyl (C=O) groups is 3. The van der Waals surface area contributed by atoms with Gasteiger partial charge in [0.15, 0.2) is 5.54 Å². The second-order valence-electron chi connectivity index (χ2n) is 8.58. The molecule has 1 aliphatic carbocycles. The zero-order valence-electron chi connectivity index (χ0n) is 18.2. The molecule has 0 spiro atoms. The van der Waals surface area contributed by atoms with Gasteiger partial charge in [-0.1, -0.05) is 48.5 Å². The van der Waals surface area contributed by atoms with Crippen molar-refractivity contribution in [2.75, 3.05) is 26.4 Å². The average Bonchev–Trinajstić information content (AvgIpc) is 3.41. The summed E-state index contributed by atoms with van der Waals surface area (Å²) in [6.45, 7) is 0.520. The van der Waals surface area contributed by atoms with Crippen LogP contribution in [0.1, 0.15) is 30.4 Å². The number of amides is 2. The van der Waals surface area contributed by atoms with E-state index in [1.54, 1.807) is 0 Å². The molecular formula is C24H26N2O7. The molecule has 9 heteroatoms. The molecule has 174 valence electrons. The number of nitrogens with one attached hydrogen (secondary N) is 2. The minimum atomic E-state index is -1.89. The fourth-order valence-corrected chi connectivity index (χ4v) is 4.26. The number of aliphatic carboxylic acids is 1. The molecule has 9 nitrogen and oxygen atoms in total. The first kappa shape index (κ1) is 22.8. The van der Waals surface area contributed by atoms with Crippen molar-refractivity contribution in [1.82, 2.24) is 10.6 Å². The van der Waals surface area contributed by atoms with Gasteiger partial charge < -0.3 is 30.3 Å². The molecule has 2 aromatic rings. The van der Waals surface area contributed by atoms with Crippen LogP contribution in [-0.2, 0) is 19.1 Å². The summed E-state index contributed by atoms with van der Waals surface area (Å²) in [5.41, 5.74) is 0.925. The zero-order chi connectivity index (χ0) is 23.6. The molecule has 0 bridgehead atoms. The second kappa shape index (κ2) is 8.84. The van der Waals surface area contributed by atoms with Crippen LogP contribution in [0.15, 0.2) is 48.5 Å². The largest absolute Gasteiger partial charge is 0.479 e. The molecule has 0 radical (unpaired) electrons. The number of carboxylic acid groups (broad SMARTS) is 1. The van der Waals surface area contributed by atoms with Crippen molar-refractivity contribution in [2.45, 2.75) is 30.3 Å². The van der Waals surface area contributed by atoms with Crippen molar-refractivity contribution in [3.8, 4) is 11.1 Å². The van der Waals surface area contributed by atoms with Gasteiger partial charge in [-0.05, 0) is 29.2 Å². The van der Waals surface area contributed by atoms with Crippen LogP contribution in [0.5, 0.6) is 0 Å². The Morgan fingerprint density at radius 3 is 2.24 bits per heavy atom. The number of carbonyl (C=O) groups excluding carboxylic acids is 2. The minimum Gasteiger partial charge on any atom is -0.479 e. The highest BCUT2D eigenvalue weighted by molar-refractivity contribution is 5.94. The van der Waals surface area contributed by atoms with E-state index in [9.17, 15) is 24.6 Å². The van der Waals surface area contributed by atoms with Gasteiger partial charge in [0, 0.05) is 18.9 Å². The Morgan fingerprint density at radius 1 is 1.12 bits per heavy atom. The Morgan fingerprint density at radius 2 is 1.73 bits per heavy atom.